The molecule has 1 heterocycles. The van der Waals surface area contributed by atoms with Gasteiger partial charge in [-0.2, -0.15) is 13.9 Å². The Bertz CT molecular complexity index is 799. The second-order valence-corrected chi connectivity index (χ2v) is 8.03. The average molecular weight is 411 g/mol. The number of hydrogen-bond donors (Lipinski definition) is 2. The number of thiocarbonyl (C=S) groups is 1. The Hall–Kier alpha value is -1.93. The van der Waals surface area contributed by atoms with Crippen LogP contribution in [-0.4, -0.2) is 21.7 Å². The van der Waals surface area contributed by atoms with E-state index in [1.807, 2.05) is 0 Å². The Balaban J connectivity index is 1.92. The fourth-order valence-electron chi connectivity index (χ4n) is 2.64. The van der Waals surface area contributed by atoms with Gasteiger partial charge in [-0.3, -0.25) is 5.43 Å². The molecule has 0 spiro atoms. The van der Waals surface area contributed by atoms with E-state index in [1.165, 1.54) is 5.69 Å². The zero-order chi connectivity index (χ0) is 20.0. The first-order valence-corrected chi connectivity index (χ1v) is 9.86. The molecular formula is C19H24F2N4S2. The van der Waals surface area contributed by atoms with Crippen LogP contribution in [0.2, 0.25) is 0 Å². The normalized spacial score (nSPS) is 11.6. The number of thioether (sulfide) groups is 1. The zero-order valence-electron chi connectivity index (χ0n) is 15.8. The summed E-state index contributed by atoms with van der Waals surface area (Å²) in [6, 6.07) is 8.73. The van der Waals surface area contributed by atoms with Gasteiger partial charge in [0.1, 0.15) is 0 Å². The zero-order valence-corrected chi connectivity index (χ0v) is 17.4. The van der Waals surface area contributed by atoms with Gasteiger partial charge in [-0.1, -0.05) is 25.6 Å². The number of nitrogens with zero attached hydrogens (tertiary/aromatic N) is 2. The van der Waals surface area contributed by atoms with Gasteiger partial charge >= 0.3 is 0 Å². The summed E-state index contributed by atoms with van der Waals surface area (Å²) in [6.45, 7) is 9.52. The van der Waals surface area contributed by atoms with E-state index in [1.54, 1.807) is 30.5 Å². The molecule has 0 amide bonds. The highest BCUT2D eigenvalue weighted by Crippen LogP contribution is 2.26. The number of alkyl halides is 2. The Morgan fingerprint density at radius 1 is 1.26 bits per heavy atom. The average Bonchev–Trinajstić information content (AvgIpc) is 2.83. The highest BCUT2D eigenvalue weighted by Gasteiger charge is 2.09. The first kappa shape index (κ1) is 21.4. The standard InChI is InChI=1S/C19H24F2N4S2/c1-12(2)11-25-13(3)9-15(14(25)4)10-22-24-19(26)23-16-5-7-17(8-6-16)27-18(20)21/h5-10,12,18H,11H2,1-4H3,(H2,23,24,26)/b22-10-. The van der Waals surface area contributed by atoms with Gasteiger partial charge in [0.2, 0.25) is 0 Å². The molecule has 1 aromatic heterocycles. The minimum absolute atomic E-state index is 0.330. The topological polar surface area (TPSA) is 41.4 Å². The summed E-state index contributed by atoms with van der Waals surface area (Å²) in [7, 11) is 0. The third-order valence-corrected chi connectivity index (χ3v) is 4.78. The largest absolute Gasteiger partial charge is 0.348 e. The van der Waals surface area contributed by atoms with Gasteiger partial charge < -0.3 is 9.88 Å². The number of aryl methyl sites for hydroxylation is 1. The molecular weight excluding hydrogens is 386 g/mol. The lowest BCUT2D eigenvalue weighted by Gasteiger charge is -2.11. The van der Waals surface area contributed by atoms with Gasteiger partial charge in [0.25, 0.3) is 5.76 Å². The summed E-state index contributed by atoms with van der Waals surface area (Å²) in [6.07, 6.45) is 1.75. The van der Waals surface area contributed by atoms with E-state index >= 15 is 0 Å². The van der Waals surface area contributed by atoms with Crippen molar-refractivity contribution in [3.63, 3.8) is 0 Å². The van der Waals surface area contributed by atoms with E-state index in [2.05, 4.69) is 54.2 Å². The highest BCUT2D eigenvalue weighted by molar-refractivity contribution is 7.99. The molecule has 0 bridgehead atoms. The fraction of sp³-hybridized carbons (Fsp3) is 0.368. The summed E-state index contributed by atoms with van der Waals surface area (Å²) >= 11 is 5.72. The van der Waals surface area contributed by atoms with Crippen LogP contribution in [0.5, 0.6) is 0 Å². The van der Waals surface area contributed by atoms with Crippen LogP contribution in [-0.2, 0) is 6.54 Å². The number of anilines is 1. The minimum Gasteiger partial charge on any atom is -0.348 e. The molecule has 0 aliphatic carbocycles. The van der Waals surface area contributed by atoms with Crippen LogP contribution in [0.15, 0.2) is 40.3 Å². The lowest BCUT2D eigenvalue weighted by atomic mass is 10.2. The highest BCUT2D eigenvalue weighted by atomic mass is 32.2. The molecule has 0 aliphatic heterocycles. The lowest BCUT2D eigenvalue weighted by molar-refractivity contribution is 0.252. The van der Waals surface area contributed by atoms with Gasteiger partial charge in [-0.05, 0) is 62.3 Å². The Kier molecular flexibility index (Phi) is 7.79. The van der Waals surface area contributed by atoms with E-state index in [4.69, 9.17) is 12.2 Å². The molecule has 4 nitrogen and oxygen atoms in total. The second-order valence-electron chi connectivity index (χ2n) is 6.56. The van der Waals surface area contributed by atoms with Crippen molar-refractivity contribution < 1.29 is 8.78 Å². The summed E-state index contributed by atoms with van der Waals surface area (Å²) < 4.78 is 26.9. The van der Waals surface area contributed by atoms with Crippen LogP contribution in [0.4, 0.5) is 14.5 Å². The first-order valence-electron chi connectivity index (χ1n) is 8.58. The molecule has 8 heteroatoms. The van der Waals surface area contributed by atoms with Gasteiger partial charge in [0.05, 0.1) is 6.21 Å². The van der Waals surface area contributed by atoms with Crippen molar-refractivity contribution in [2.75, 3.05) is 5.32 Å². The molecule has 2 aromatic rings. The van der Waals surface area contributed by atoms with Gasteiger partial charge in [-0.15, -0.1) is 0 Å². The maximum absolute atomic E-state index is 12.3. The van der Waals surface area contributed by atoms with E-state index in [0.717, 1.165) is 17.8 Å². The monoisotopic (exact) mass is 410 g/mol. The first-order chi connectivity index (χ1) is 12.8. The number of rotatable bonds is 7. The summed E-state index contributed by atoms with van der Waals surface area (Å²) in [5.41, 5.74) is 6.89. The van der Waals surface area contributed by atoms with Crippen LogP contribution < -0.4 is 10.7 Å². The molecule has 0 saturated heterocycles. The van der Waals surface area contributed by atoms with E-state index in [-0.39, 0.29) is 0 Å². The van der Waals surface area contributed by atoms with Crippen LogP contribution in [0.3, 0.4) is 0 Å². The van der Waals surface area contributed by atoms with E-state index < -0.39 is 5.76 Å². The molecule has 0 saturated carbocycles. The summed E-state index contributed by atoms with van der Waals surface area (Å²) in [5.74, 6) is -1.86. The van der Waals surface area contributed by atoms with Gasteiger partial charge in [-0.25, -0.2) is 0 Å². The molecule has 0 atom stereocenters. The van der Waals surface area contributed by atoms with Crippen molar-refractivity contribution in [3.8, 4) is 0 Å². The van der Waals surface area contributed by atoms with E-state index in [0.29, 0.717) is 33.4 Å². The quantitative estimate of drug-likeness (QED) is 0.278. The number of nitrogens with one attached hydrogen (secondary N) is 2. The van der Waals surface area contributed by atoms with Crippen LogP contribution >= 0.6 is 24.0 Å². The maximum atomic E-state index is 12.3. The lowest BCUT2D eigenvalue weighted by Crippen LogP contribution is -2.23. The van der Waals surface area contributed by atoms with Crippen LogP contribution in [0.25, 0.3) is 0 Å². The molecule has 27 heavy (non-hydrogen) atoms. The van der Waals surface area contributed by atoms with Crippen molar-refractivity contribution in [2.45, 2.75) is 44.9 Å². The summed E-state index contributed by atoms with van der Waals surface area (Å²) in [4.78, 5) is 0.504. The van der Waals surface area contributed by atoms with Crippen molar-refractivity contribution in [2.24, 2.45) is 11.0 Å². The predicted molar refractivity (Wildman–Crippen MR) is 114 cm³/mol. The van der Waals surface area contributed by atoms with E-state index in [9.17, 15) is 8.78 Å². The molecule has 0 fully saturated rings. The molecule has 0 unspecified atom stereocenters. The van der Waals surface area contributed by atoms with Crippen molar-refractivity contribution in [3.05, 3.63) is 47.3 Å². The molecule has 0 radical (unpaired) electrons. The van der Waals surface area contributed by atoms with Crippen molar-refractivity contribution >= 4 is 41.0 Å². The third kappa shape index (κ3) is 6.62. The fourth-order valence-corrected chi connectivity index (χ4v) is 3.31. The summed E-state index contributed by atoms with van der Waals surface area (Å²) in [5, 5.41) is 7.49. The Morgan fingerprint density at radius 2 is 1.93 bits per heavy atom. The Morgan fingerprint density at radius 3 is 2.52 bits per heavy atom. The van der Waals surface area contributed by atoms with Crippen LogP contribution in [0, 0.1) is 19.8 Å². The van der Waals surface area contributed by atoms with Gasteiger partial charge in [0, 0.05) is 34.1 Å². The molecule has 1 aromatic carbocycles. The Labute approximate surface area is 168 Å². The molecule has 0 aliphatic rings. The predicted octanol–water partition coefficient (Wildman–Crippen LogP) is 5.40. The number of aromatic nitrogens is 1. The minimum atomic E-state index is -2.43. The van der Waals surface area contributed by atoms with Crippen molar-refractivity contribution in [1.82, 2.24) is 9.99 Å². The molecule has 146 valence electrons. The molecule has 2 N–H and O–H groups in total. The SMILES string of the molecule is Cc1cc(/C=N\NC(=S)Nc2ccc(SC(F)F)cc2)c(C)n1CC(C)C. The number of hydrazone groups is 1. The van der Waals surface area contributed by atoms with Crippen molar-refractivity contribution in [1.29, 1.82) is 0 Å². The second kappa shape index (κ2) is 9.85. The smallest absolute Gasteiger partial charge is 0.288 e. The van der Waals surface area contributed by atoms with Crippen LogP contribution in [0.1, 0.15) is 30.8 Å². The number of halogens is 2. The number of benzene rings is 1. The third-order valence-electron chi connectivity index (χ3n) is 3.87. The van der Waals surface area contributed by atoms with Gasteiger partial charge in [0.15, 0.2) is 5.11 Å². The maximum Gasteiger partial charge on any atom is 0.288 e. The molecule has 2 rings (SSSR count). The number of hydrogen-bond acceptors (Lipinski definition) is 3.